The smallest absolute Gasteiger partial charge is 0.337 e. The molecule has 1 fully saturated rings. The molecule has 0 radical (unpaired) electrons. The first-order valence-electron chi connectivity index (χ1n) is 4.46. The molecule has 0 saturated heterocycles. The zero-order valence-electron chi connectivity index (χ0n) is 7.46. The number of halogens is 1. The lowest BCUT2D eigenvalue weighted by atomic mass is 10.2. The second-order valence-corrected chi connectivity index (χ2v) is 3.85. The molecule has 3 nitrogen and oxygen atoms in total. The van der Waals surface area contributed by atoms with Crippen molar-refractivity contribution in [3.8, 4) is 0 Å². The highest BCUT2D eigenvalue weighted by Crippen LogP contribution is 2.28. The van der Waals surface area contributed by atoms with Gasteiger partial charge in [0.2, 0.25) is 0 Å². The molecule has 1 aliphatic rings. The van der Waals surface area contributed by atoms with Crippen LogP contribution >= 0.6 is 11.6 Å². The first-order chi connectivity index (χ1) is 6.66. The van der Waals surface area contributed by atoms with Crippen LogP contribution in [0.4, 0.5) is 5.69 Å². The minimum atomic E-state index is -0.926. The van der Waals surface area contributed by atoms with Gasteiger partial charge in [0.15, 0.2) is 0 Å². The highest BCUT2D eigenvalue weighted by molar-refractivity contribution is 6.31. The second kappa shape index (κ2) is 3.50. The van der Waals surface area contributed by atoms with Gasteiger partial charge in [-0.1, -0.05) is 11.6 Å². The van der Waals surface area contributed by atoms with E-state index in [-0.39, 0.29) is 5.56 Å². The molecule has 1 aromatic rings. The van der Waals surface area contributed by atoms with Crippen molar-refractivity contribution in [3.63, 3.8) is 0 Å². The average molecular weight is 212 g/mol. The summed E-state index contributed by atoms with van der Waals surface area (Å²) in [5.74, 6) is -0.926. The highest BCUT2D eigenvalue weighted by Gasteiger charge is 2.23. The minimum Gasteiger partial charge on any atom is -0.478 e. The molecule has 2 rings (SSSR count). The molecular weight excluding hydrogens is 202 g/mol. The summed E-state index contributed by atoms with van der Waals surface area (Å²) in [5, 5.41) is 12.6. The molecule has 0 unspecified atom stereocenters. The summed E-state index contributed by atoms with van der Waals surface area (Å²) in [4.78, 5) is 10.9. The van der Waals surface area contributed by atoms with Crippen molar-refractivity contribution in [2.45, 2.75) is 18.9 Å². The van der Waals surface area contributed by atoms with E-state index in [0.717, 1.165) is 12.8 Å². The Labute approximate surface area is 86.7 Å². The van der Waals surface area contributed by atoms with Gasteiger partial charge in [0.25, 0.3) is 0 Å². The maximum Gasteiger partial charge on any atom is 0.337 e. The molecule has 0 aromatic heterocycles. The van der Waals surface area contributed by atoms with E-state index in [0.29, 0.717) is 16.8 Å². The number of carboxylic acid groups (broad SMARTS) is 1. The summed E-state index contributed by atoms with van der Waals surface area (Å²) in [6.07, 6.45) is 2.21. The first kappa shape index (κ1) is 9.34. The van der Waals surface area contributed by atoms with Crippen LogP contribution in [0.2, 0.25) is 5.02 Å². The lowest BCUT2D eigenvalue weighted by Gasteiger charge is -2.08. The van der Waals surface area contributed by atoms with Crippen LogP contribution in [0.1, 0.15) is 23.2 Å². The maximum atomic E-state index is 10.9. The van der Waals surface area contributed by atoms with Crippen molar-refractivity contribution in [2.24, 2.45) is 0 Å². The average Bonchev–Trinajstić information content (AvgIpc) is 2.87. The number of carbonyl (C=O) groups is 1. The molecule has 1 saturated carbocycles. The number of hydrogen-bond acceptors (Lipinski definition) is 2. The molecule has 0 heterocycles. The third-order valence-electron chi connectivity index (χ3n) is 2.15. The molecular formula is C10H10ClNO2. The van der Waals surface area contributed by atoms with Crippen molar-refractivity contribution >= 4 is 23.3 Å². The Bertz CT molecular complexity index is 374. The Kier molecular flexibility index (Phi) is 2.33. The third kappa shape index (κ3) is 1.99. The van der Waals surface area contributed by atoms with E-state index in [4.69, 9.17) is 16.7 Å². The Morgan fingerprint density at radius 3 is 2.79 bits per heavy atom. The summed E-state index contributed by atoms with van der Waals surface area (Å²) in [6.45, 7) is 0. The monoisotopic (exact) mass is 211 g/mol. The van der Waals surface area contributed by atoms with Gasteiger partial charge in [0.05, 0.1) is 11.3 Å². The lowest BCUT2D eigenvalue weighted by molar-refractivity contribution is 0.0698. The number of nitrogens with one attached hydrogen (secondary N) is 1. The summed E-state index contributed by atoms with van der Waals surface area (Å²) >= 11 is 5.79. The number of anilines is 1. The van der Waals surface area contributed by atoms with E-state index in [9.17, 15) is 4.79 Å². The van der Waals surface area contributed by atoms with Gasteiger partial charge in [-0.25, -0.2) is 4.79 Å². The number of benzene rings is 1. The van der Waals surface area contributed by atoms with Crippen molar-refractivity contribution < 1.29 is 9.90 Å². The van der Waals surface area contributed by atoms with Gasteiger partial charge in [-0.3, -0.25) is 0 Å². The van der Waals surface area contributed by atoms with Crippen LogP contribution in [0.15, 0.2) is 18.2 Å². The zero-order chi connectivity index (χ0) is 10.1. The van der Waals surface area contributed by atoms with E-state index in [1.165, 1.54) is 6.07 Å². The number of hydrogen-bond donors (Lipinski definition) is 2. The predicted octanol–water partition coefficient (Wildman–Crippen LogP) is 2.61. The van der Waals surface area contributed by atoms with E-state index in [2.05, 4.69) is 5.32 Å². The van der Waals surface area contributed by atoms with Gasteiger partial charge in [-0.15, -0.1) is 0 Å². The standard InChI is InChI=1S/C10H10ClNO2/c11-6-1-4-8(10(13)14)9(5-6)12-7-2-3-7/h1,4-5,7,12H,2-3H2,(H,13,14). The van der Waals surface area contributed by atoms with Crippen LogP contribution in [-0.4, -0.2) is 17.1 Å². The molecule has 2 N–H and O–H groups in total. The zero-order valence-corrected chi connectivity index (χ0v) is 8.21. The van der Waals surface area contributed by atoms with Gasteiger partial charge in [0.1, 0.15) is 0 Å². The van der Waals surface area contributed by atoms with Crippen molar-refractivity contribution in [2.75, 3.05) is 5.32 Å². The molecule has 0 spiro atoms. The van der Waals surface area contributed by atoms with Gasteiger partial charge in [0, 0.05) is 11.1 Å². The highest BCUT2D eigenvalue weighted by atomic mass is 35.5. The van der Waals surface area contributed by atoms with E-state index < -0.39 is 5.97 Å². The van der Waals surface area contributed by atoms with Gasteiger partial charge in [-0.2, -0.15) is 0 Å². The topological polar surface area (TPSA) is 49.3 Å². The first-order valence-corrected chi connectivity index (χ1v) is 4.84. The van der Waals surface area contributed by atoms with Crippen LogP contribution in [-0.2, 0) is 0 Å². The van der Waals surface area contributed by atoms with Crippen molar-refractivity contribution in [3.05, 3.63) is 28.8 Å². The van der Waals surface area contributed by atoms with Crippen LogP contribution in [0.5, 0.6) is 0 Å². The Morgan fingerprint density at radius 2 is 2.21 bits per heavy atom. The quantitative estimate of drug-likeness (QED) is 0.808. The van der Waals surface area contributed by atoms with Crippen LogP contribution in [0.3, 0.4) is 0 Å². The van der Waals surface area contributed by atoms with E-state index >= 15 is 0 Å². The van der Waals surface area contributed by atoms with Crippen LogP contribution < -0.4 is 5.32 Å². The second-order valence-electron chi connectivity index (χ2n) is 3.41. The molecule has 0 aliphatic heterocycles. The van der Waals surface area contributed by atoms with E-state index in [1.54, 1.807) is 12.1 Å². The largest absolute Gasteiger partial charge is 0.478 e. The van der Waals surface area contributed by atoms with Crippen molar-refractivity contribution in [1.29, 1.82) is 0 Å². The summed E-state index contributed by atoms with van der Waals surface area (Å²) in [7, 11) is 0. The molecule has 74 valence electrons. The molecule has 14 heavy (non-hydrogen) atoms. The molecule has 0 bridgehead atoms. The number of rotatable bonds is 3. The third-order valence-corrected chi connectivity index (χ3v) is 2.38. The van der Waals surface area contributed by atoms with Crippen LogP contribution in [0.25, 0.3) is 0 Å². The fourth-order valence-electron chi connectivity index (χ4n) is 1.27. The SMILES string of the molecule is O=C(O)c1ccc(Cl)cc1NC1CC1. The van der Waals surface area contributed by atoms with Gasteiger partial charge >= 0.3 is 5.97 Å². The maximum absolute atomic E-state index is 10.9. The number of aromatic carboxylic acids is 1. The summed E-state index contributed by atoms with van der Waals surface area (Å²) in [6, 6.07) is 5.19. The minimum absolute atomic E-state index is 0.279. The predicted molar refractivity (Wildman–Crippen MR) is 55.1 cm³/mol. The molecule has 0 atom stereocenters. The van der Waals surface area contributed by atoms with E-state index in [1.807, 2.05) is 0 Å². The molecule has 1 aromatic carbocycles. The molecule has 0 amide bonds. The molecule has 4 heteroatoms. The van der Waals surface area contributed by atoms with Gasteiger partial charge in [-0.05, 0) is 31.0 Å². The fraction of sp³-hybridized carbons (Fsp3) is 0.300. The Morgan fingerprint density at radius 1 is 1.50 bits per heavy atom. The summed E-state index contributed by atoms with van der Waals surface area (Å²) < 4.78 is 0. The molecule has 1 aliphatic carbocycles. The van der Waals surface area contributed by atoms with Gasteiger partial charge < -0.3 is 10.4 Å². The summed E-state index contributed by atoms with van der Waals surface area (Å²) in [5.41, 5.74) is 0.897. The number of carboxylic acids is 1. The lowest BCUT2D eigenvalue weighted by Crippen LogP contribution is -2.07. The fourth-order valence-corrected chi connectivity index (χ4v) is 1.44. The van der Waals surface area contributed by atoms with Crippen LogP contribution in [0, 0.1) is 0 Å². The van der Waals surface area contributed by atoms with Crippen molar-refractivity contribution in [1.82, 2.24) is 0 Å². The normalized spacial score (nSPS) is 15.2. The Hall–Kier alpha value is -1.22. The Balaban J connectivity index is 2.31.